The quantitative estimate of drug-likeness (QED) is 0.835. The van der Waals surface area contributed by atoms with Gasteiger partial charge in [0.15, 0.2) is 5.79 Å². The standard InChI is InChI=1S/C16H16O7/c1-16(19)6-12-9(7-22-16)14(17)13-10(20-2)4-8(15(18)21-3)5-11(13)23-12/h4-5,19H,6-7H2,1-3H3. The van der Waals surface area contributed by atoms with Crippen molar-refractivity contribution in [2.45, 2.75) is 25.7 Å². The molecule has 0 saturated heterocycles. The molecular weight excluding hydrogens is 304 g/mol. The highest BCUT2D eigenvalue weighted by molar-refractivity contribution is 5.96. The van der Waals surface area contributed by atoms with Crippen molar-refractivity contribution in [1.29, 1.82) is 0 Å². The molecule has 1 aromatic heterocycles. The molecular formula is C16H16O7. The molecule has 7 nitrogen and oxygen atoms in total. The average Bonchev–Trinajstić information content (AvgIpc) is 2.51. The molecule has 1 aromatic carbocycles. The topological polar surface area (TPSA) is 95.2 Å². The Kier molecular flexibility index (Phi) is 3.62. The fraction of sp³-hybridized carbons (Fsp3) is 0.375. The summed E-state index contributed by atoms with van der Waals surface area (Å²) in [6, 6.07) is 2.85. The summed E-state index contributed by atoms with van der Waals surface area (Å²) in [7, 11) is 2.66. The molecule has 2 aromatic rings. The van der Waals surface area contributed by atoms with Crippen molar-refractivity contribution in [3.8, 4) is 5.75 Å². The van der Waals surface area contributed by atoms with Crippen LogP contribution in [0.2, 0.25) is 0 Å². The molecule has 122 valence electrons. The molecule has 0 aliphatic carbocycles. The molecule has 1 unspecified atom stereocenters. The predicted octanol–water partition coefficient (Wildman–Crippen LogP) is 1.37. The normalized spacial score (nSPS) is 20.2. The lowest BCUT2D eigenvalue weighted by Crippen LogP contribution is -2.37. The monoisotopic (exact) mass is 320 g/mol. The molecule has 23 heavy (non-hydrogen) atoms. The molecule has 3 rings (SSSR count). The maximum atomic E-state index is 12.7. The third-order valence-corrected chi connectivity index (χ3v) is 3.79. The average molecular weight is 320 g/mol. The number of carbonyl (C=O) groups is 1. The van der Waals surface area contributed by atoms with E-state index in [1.807, 2.05) is 0 Å². The first-order valence-corrected chi connectivity index (χ1v) is 6.97. The second kappa shape index (κ2) is 5.36. The van der Waals surface area contributed by atoms with Gasteiger partial charge in [-0.3, -0.25) is 4.79 Å². The first-order chi connectivity index (χ1) is 10.9. The first kappa shape index (κ1) is 15.5. The van der Waals surface area contributed by atoms with E-state index in [4.69, 9.17) is 13.9 Å². The van der Waals surface area contributed by atoms with Gasteiger partial charge in [0.05, 0.1) is 38.4 Å². The number of rotatable bonds is 2. The zero-order chi connectivity index (χ0) is 16.8. The number of hydrogen-bond acceptors (Lipinski definition) is 7. The van der Waals surface area contributed by atoms with Crippen LogP contribution in [0.25, 0.3) is 11.0 Å². The van der Waals surface area contributed by atoms with Gasteiger partial charge in [-0.2, -0.15) is 0 Å². The van der Waals surface area contributed by atoms with Crippen molar-refractivity contribution in [3.05, 3.63) is 39.2 Å². The Labute approximate surface area is 131 Å². The van der Waals surface area contributed by atoms with E-state index < -0.39 is 11.8 Å². The number of benzene rings is 1. The van der Waals surface area contributed by atoms with Crippen molar-refractivity contribution in [2.24, 2.45) is 0 Å². The predicted molar refractivity (Wildman–Crippen MR) is 79.5 cm³/mol. The van der Waals surface area contributed by atoms with Crippen LogP contribution in [0.3, 0.4) is 0 Å². The molecule has 1 atom stereocenters. The highest BCUT2D eigenvalue weighted by atomic mass is 16.6. The van der Waals surface area contributed by atoms with Crippen molar-refractivity contribution in [2.75, 3.05) is 14.2 Å². The zero-order valence-corrected chi connectivity index (χ0v) is 13.0. The van der Waals surface area contributed by atoms with Gasteiger partial charge < -0.3 is 23.7 Å². The van der Waals surface area contributed by atoms with Gasteiger partial charge >= 0.3 is 5.97 Å². The van der Waals surface area contributed by atoms with Gasteiger partial charge in [0.25, 0.3) is 0 Å². The van der Waals surface area contributed by atoms with E-state index in [1.54, 1.807) is 0 Å². The van der Waals surface area contributed by atoms with Crippen LogP contribution >= 0.6 is 0 Å². The van der Waals surface area contributed by atoms with Crippen molar-refractivity contribution in [1.82, 2.24) is 0 Å². The minimum Gasteiger partial charge on any atom is -0.496 e. The zero-order valence-electron chi connectivity index (χ0n) is 13.0. The summed E-state index contributed by atoms with van der Waals surface area (Å²) in [5.41, 5.74) is 0.447. The molecule has 1 aliphatic rings. The molecule has 2 heterocycles. The van der Waals surface area contributed by atoms with E-state index in [2.05, 4.69) is 4.74 Å². The summed E-state index contributed by atoms with van der Waals surface area (Å²) in [6.45, 7) is 1.44. The summed E-state index contributed by atoms with van der Waals surface area (Å²) in [6.07, 6.45) is 0.0400. The fourth-order valence-corrected chi connectivity index (χ4v) is 2.63. The third-order valence-electron chi connectivity index (χ3n) is 3.79. The van der Waals surface area contributed by atoms with Crippen molar-refractivity contribution < 1.29 is 28.5 Å². The Balaban J connectivity index is 2.30. The summed E-state index contributed by atoms with van der Waals surface area (Å²) in [5, 5.41) is 10.2. The fourth-order valence-electron chi connectivity index (χ4n) is 2.63. The Hall–Kier alpha value is -2.38. The van der Waals surface area contributed by atoms with Gasteiger partial charge in [-0.25, -0.2) is 4.79 Å². The lowest BCUT2D eigenvalue weighted by atomic mass is 10.0. The summed E-state index contributed by atoms with van der Waals surface area (Å²) in [5.74, 6) is -1.42. The van der Waals surface area contributed by atoms with Crippen molar-refractivity contribution in [3.63, 3.8) is 0 Å². The Morgan fingerprint density at radius 3 is 2.74 bits per heavy atom. The maximum absolute atomic E-state index is 12.7. The molecule has 0 bridgehead atoms. The van der Waals surface area contributed by atoms with Crippen LogP contribution < -0.4 is 10.2 Å². The Bertz CT molecular complexity index is 848. The number of aliphatic hydroxyl groups is 1. The number of hydrogen-bond donors (Lipinski definition) is 1. The van der Waals surface area contributed by atoms with Crippen LogP contribution in [-0.2, 0) is 22.5 Å². The van der Waals surface area contributed by atoms with Crippen LogP contribution in [0.5, 0.6) is 5.75 Å². The second-order valence-corrected chi connectivity index (χ2v) is 5.52. The van der Waals surface area contributed by atoms with E-state index in [0.717, 1.165) is 0 Å². The van der Waals surface area contributed by atoms with Crippen molar-refractivity contribution >= 4 is 16.9 Å². The molecule has 1 aliphatic heterocycles. The van der Waals surface area contributed by atoms with Crippen LogP contribution in [-0.4, -0.2) is 31.1 Å². The lowest BCUT2D eigenvalue weighted by Gasteiger charge is -2.28. The number of carbonyl (C=O) groups excluding carboxylic acids is 1. The molecule has 0 amide bonds. The van der Waals surface area contributed by atoms with E-state index in [9.17, 15) is 14.7 Å². The van der Waals surface area contributed by atoms with Gasteiger partial charge in [-0.1, -0.05) is 0 Å². The molecule has 7 heteroatoms. The Morgan fingerprint density at radius 2 is 2.09 bits per heavy atom. The number of esters is 1. The number of fused-ring (bicyclic) bond motifs is 2. The maximum Gasteiger partial charge on any atom is 0.338 e. The number of ether oxygens (including phenoxy) is 3. The van der Waals surface area contributed by atoms with Gasteiger partial charge in [-0.05, 0) is 19.1 Å². The molecule has 0 fully saturated rings. The van der Waals surface area contributed by atoms with Gasteiger partial charge in [0.2, 0.25) is 5.43 Å². The third kappa shape index (κ3) is 2.58. The highest BCUT2D eigenvalue weighted by Crippen LogP contribution is 2.31. The molecule has 0 radical (unpaired) electrons. The minimum absolute atomic E-state index is 0.0400. The van der Waals surface area contributed by atoms with Gasteiger partial charge in [0, 0.05) is 0 Å². The van der Waals surface area contributed by atoms with E-state index in [-0.39, 0.29) is 40.7 Å². The summed E-state index contributed by atoms with van der Waals surface area (Å²) in [4.78, 5) is 24.4. The minimum atomic E-state index is -1.40. The molecule has 0 spiro atoms. The van der Waals surface area contributed by atoms with Crippen LogP contribution in [0.4, 0.5) is 0 Å². The lowest BCUT2D eigenvalue weighted by molar-refractivity contribution is -0.207. The van der Waals surface area contributed by atoms with E-state index in [0.29, 0.717) is 11.3 Å². The van der Waals surface area contributed by atoms with Gasteiger partial charge in [-0.15, -0.1) is 0 Å². The Morgan fingerprint density at radius 1 is 1.35 bits per heavy atom. The number of methoxy groups -OCH3 is 2. The van der Waals surface area contributed by atoms with Gasteiger partial charge in [0.1, 0.15) is 22.5 Å². The van der Waals surface area contributed by atoms with Crippen LogP contribution in [0.15, 0.2) is 21.3 Å². The molecule has 0 saturated carbocycles. The SMILES string of the molecule is COC(=O)c1cc(OC)c2c(=O)c3c(oc2c1)CC(C)(O)OC3. The summed E-state index contributed by atoms with van der Waals surface area (Å²) < 4.78 is 20.9. The first-order valence-electron chi connectivity index (χ1n) is 6.97. The largest absolute Gasteiger partial charge is 0.496 e. The van der Waals surface area contributed by atoms with Crippen LogP contribution in [0, 0.1) is 0 Å². The van der Waals surface area contributed by atoms with Crippen LogP contribution in [0.1, 0.15) is 28.6 Å². The molecule has 1 N–H and O–H groups in total. The smallest absolute Gasteiger partial charge is 0.338 e. The second-order valence-electron chi connectivity index (χ2n) is 5.52. The van der Waals surface area contributed by atoms with E-state index in [1.165, 1.54) is 33.3 Å². The summed E-state index contributed by atoms with van der Waals surface area (Å²) >= 11 is 0. The van der Waals surface area contributed by atoms with E-state index >= 15 is 0 Å². The highest BCUT2D eigenvalue weighted by Gasteiger charge is 2.33.